The number of carbonyl (C=O) groups excluding carboxylic acids is 1. The molecule has 3 heteroatoms. The van der Waals surface area contributed by atoms with Gasteiger partial charge in [0.15, 0.2) is 0 Å². The Morgan fingerprint density at radius 1 is 1.28 bits per heavy atom. The molecule has 2 aliphatic carbocycles. The van der Waals surface area contributed by atoms with Crippen molar-refractivity contribution in [1.29, 1.82) is 0 Å². The zero-order valence-electron chi connectivity index (χ0n) is 10.7. The Labute approximate surface area is 108 Å². The van der Waals surface area contributed by atoms with Crippen molar-refractivity contribution < 1.29 is 9.53 Å². The molecule has 0 unspecified atom stereocenters. The molecule has 1 aromatic carbocycles. The molecule has 2 bridgehead atoms. The molecule has 18 heavy (non-hydrogen) atoms. The maximum Gasteiger partial charge on any atom is 0.227 e. The number of ether oxygens (including phenoxy) is 1. The summed E-state index contributed by atoms with van der Waals surface area (Å²) in [6.45, 7) is 0. The van der Waals surface area contributed by atoms with Gasteiger partial charge in [0.1, 0.15) is 5.75 Å². The van der Waals surface area contributed by atoms with Crippen LogP contribution >= 0.6 is 0 Å². The average molecular weight is 245 g/mol. The van der Waals surface area contributed by atoms with Crippen molar-refractivity contribution >= 4 is 11.6 Å². The molecular weight excluding hydrogens is 226 g/mol. The van der Waals surface area contributed by atoms with Gasteiger partial charge < -0.3 is 10.1 Å². The van der Waals surface area contributed by atoms with Crippen molar-refractivity contribution in [1.82, 2.24) is 0 Å². The summed E-state index contributed by atoms with van der Waals surface area (Å²) >= 11 is 0. The Bertz CT molecular complexity index is 458. The van der Waals surface area contributed by atoms with Gasteiger partial charge in [-0.3, -0.25) is 4.79 Å². The summed E-state index contributed by atoms with van der Waals surface area (Å²) in [5.41, 5.74) is 0.785. The first-order valence-electron chi connectivity index (χ1n) is 6.72. The molecule has 2 saturated carbocycles. The Hall–Kier alpha value is -1.51. The molecule has 0 spiro atoms. The predicted octanol–water partition coefficient (Wildman–Crippen LogP) is 3.07. The van der Waals surface area contributed by atoms with Gasteiger partial charge in [-0.2, -0.15) is 0 Å². The lowest BCUT2D eigenvalue weighted by Crippen LogP contribution is -2.27. The summed E-state index contributed by atoms with van der Waals surface area (Å²) in [5.74, 6) is 2.53. The minimum Gasteiger partial charge on any atom is -0.495 e. The topological polar surface area (TPSA) is 38.3 Å². The van der Waals surface area contributed by atoms with Gasteiger partial charge in [0.2, 0.25) is 5.91 Å². The summed E-state index contributed by atoms with van der Waals surface area (Å²) in [6.07, 6.45) is 4.88. The number of hydrogen-bond donors (Lipinski definition) is 1. The average Bonchev–Trinajstić information content (AvgIpc) is 3.01. The van der Waals surface area contributed by atoms with Gasteiger partial charge in [0, 0.05) is 5.92 Å². The van der Waals surface area contributed by atoms with E-state index in [0.29, 0.717) is 5.92 Å². The molecule has 0 radical (unpaired) electrons. The molecule has 1 aromatic rings. The number of rotatable bonds is 3. The molecule has 0 aromatic heterocycles. The lowest BCUT2D eigenvalue weighted by Gasteiger charge is -2.21. The van der Waals surface area contributed by atoms with E-state index in [-0.39, 0.29) is 11.8 Å². The maximum absolute atomic E-state index is 12.3. The van der Waals surface area contributed by atoms with E-state index >= 15 is 0 Å². The molecule has 3 rings (SSSR count). The molecule has 0 heterocycles. The van der Waals surface area contributed by atoms with Crippen LogP contribution < -0.4 is 10.1 Å². The van der Waals surface area contributed by atoms with Gasteiger partial charge in [0.25, 0.3) is 0 Å². The largest absolute Gasteiger partial charge is 0.495 e. The number of benzene rings is 1. The summed E-state index contributed by atoms with van der Waals surface area (Å²) in [7, 11) is 1.63. The number of hydrogen-bond acceptors (Lipinski definition) is 2. The highest BCUT2D eigenvalue weighted by molar-refractivity contribution is 5.94. The van der Waals surface area contributed by atoms with Gasteiger partial charge in [-0.05, 0) is 43.2 Å². The number of methoxy groups -OCH3 is 1. The lowest BCUT2D eigenvalue weighted by molar-refractivity contribution is -0.121. The number of fused-ring (bicyclic) bond motifs is 2. The van der Waals surface area contributed by atoms with Crippen LogP contribution in [0.3, 0.4) is 0 Å². The molecule has 3 atom stereocenters. The zero-order valence-corrected chi connectivity index (χ0v) is 10.7. The van der Waals surface area contributed by atoms with E-state index in [1.807, 2.05) is 24.3 Å². The van der Waals surface area contributed by atoms with Gasteiger partial charge in [-0.25, -0.2) is 0 Å². The van der Waals surface area contributed by atoms with Crippen LogP contribution in [-0.4, -0.2) is 13.0 Å². The third kappa shape index (κ3) is 1.98. The summed E-state index contributed by atoms with van der Waals surface area (Å²) in [4.78, 5) is 12.3. The van der Waals surface area contributed by atoms with Crippen molar-refractivity contribution in [2.24, 2.45) is 17.8 Å². The summed E-state index contributed by atoms with van der Waals surface area (Å²) in [6, 6.07) is 7.59. The Morgan fingerprint density at radius 3 is 2.78 bits per heavy atom. The number of amides is 1. The Balaban J connectivity index is 1.71. The van der Waals surface area contributed by atoms with Gasteiger partial charge in [0.05, 0.1) is 12.8 Å². The van der Waals surface area contributed by atoms with Crippen molar-refractivity contribution in [2.75, 3.05) is 12.4 Å². The number of anilines is 1. The third-order valence-electron chi connectivity index (χ3n) is 4.44. The fourth-order valence-electron chi connectivity index (χ4n) is 3.54. The predicted molar refractivity (Wildman–Crippen MR) is 70.6 cm³/mol. The fourth-order valence-corrected chi connectivity index (χ4v) is 3.54. The maximum atomic E-state index is 12.3. The SMILES string of the molecule is COc1ccccc1NC(=O)[C@@H]1C[C@H]2CC[C@@H]1C2. The molecule has 0 aliphatic heterocycles. The van der Waals surface area contributed by atoms with Crippen LogP contribution in [0.25, 0.3) is 0 Å². The molecule has 3 nitrogen and oxygen atoms in total. The molecule has 1 N–H and O–H groups in total. The van der Waals surface area contributed by atoms with E-state index in [0.717, 1.165) is 23.8 Å². The van der Waals surface area contributed by atoms with Crippen molar-refractivity contribution in [3.63, 3.8) is 0 Å². The molecule has 2 aliphatic rings. The smallest absolute Gasteiger partial charge is 0.227 e. The molecule has 2 fully saturated rings. The first kappa shape index (κ1) is 11.6. The highest BCUT2D eigenvalue weighted by atomic mass is 16.5. The normalized spacial score (nSPS) is 29.3. The van der Waals surface area contributed by atoms with Crippen LogP contribution in [0.1, 0.15) is 25.7 Å². The summed E-state index contributed by atoms with van der Waals surface area (Å²) < 4.78 is 5.26. The zero-order chi connectivity index (χ0) is 12.5. The van der Waals surface area contributed by atoms with Gasteiger partial charge >= 0.3 is 0 Å². The van der Waals surface area contributed by atoms with Crippen LogP contribution in [0.4, 0.5) is 5.69 Å². The van der Waals surface area contributed by atoms with Crippen LogP contribution in [0.2, 0.25) is 0 Å². The number of para-hydroxylation sites is 2. The third-order valence-corrected chi connectivity index (χ3v) is 4.44. The van der Waals surface area contributed by atoms with Crippen molar-refractivity contribution in [2.45, 2.75) is 25.7 Å². The van der Waals surface area contributed by atoms with E-state index in [9.17, 15) is 4.79 Å². The van der Waals surface area contributed by atoms with E-state index in [1.165, 1.54) is 19.3 Å². The van der Waals surface area contributed by atoms with Crippen LogP contribution in [0.5, 0.6) is 5.75 Å². The lowest BCUT2D eigenvalue weighted by atomic mass is 9.88. The monoisotopic (exact) mass is 245 g/mol. The number of nitrogens with one attached hydrogen (secondary N) is 1. The second-order valence-corrected chi connectivity index (χ2v) is 5.47. The Morgan fingerprint density at radius 2 is 2.11 bits per heavy atom. The standard InChI is InChI=1S/C15H19NO2/c1-18-14-5-3-2-4-13(14)16-15(17)12-9-10-6-7-11(12)8-10/h2-5,10-12H,6-9H2,1H3,(H,16,17)/t10-,11+,12+/m0/s1. The van der Waals surface area contributed by atoms with Gasteiger partial charge in [-0.15, -0.1) is 0 Å². The second kappa shape index (κ2) is 4.63. The first-order valence-corrected chi connectivity index (χ1v) is 6.72. The minimum atomic E-state index is 0.173. The number of carbonyl (C=O) groups is 1. The second-order valence-electron chi connectivity index (χ2n) is 5.47. The molecular formula is C15H19NO2. The van der Waals surface area contributed by atoms with Gasteiger partial charge in [-0.1, -0.05) is 18.6 Å². The van der Waals surface area contributed by atoms with E-state index in [2.05, 4.69) is 5.32 Å². The van der Waals surface area contributed by atoms with Crippen LogP contribution in [0.15, 0.2) is 24.3 Å². The van der Waals surface area contributed by atoms with Crippen LogP contribution in [-0.2, 0) is 4.79 Å². The highest BCUT2D eigenvalue weighted by Gasteiger charge is 2.43. The summed E-state index contributed by atoms with van der Waals surface area (Å²) in [5, 5.41) is 3.02. The van der Waals surface area contributed by atoms with E-state index in [1.54, 1.807) is 7.11 Å². The highest BCUT2D eigenvalue weighted by Crippen LogP contribution is 2.48. The fraction of sp³-hybridized carbons (Fsp3) is 0.533. The molecule has 96 valence electrons. The molecule has 1 amide bonds. The van der Waals surface area contributed by atoms with Crippen molar-refractivity contribution in [3.05, 3.63) is 24.3 Å². The first-order chi connectivity index (χ1) is 8.78. The minimum absolute atomic E-state index is 0.173. The van der Waals surface area contributed by atoms with Crippen molar-refractivity contribution in [3.8, 4) is 5.75 Å². The Kier molecular flexibility index (Phi) is 2.98. The van der Waals surface area contributed by atoms with Crippen LogP contribution in [0, 0.1) is 17.8 Å². The van der Waals surface area contributed by atoms with E-state index in [4.69, 9.17) is 4.74 Å². The molecule has 0 saturated heterocycles. The quantitative estimate of drug-likeness (QED) is 0.888. The van der Waals surface area contributed by atoms with E-state index < -0.39 is 0 Å².